The van der Waals surface area contributed by atoms with Crippen LogP contribution in [0.5, 0.6) is 0 Å². The fourth-order valence-corrected chi connectivity index (χ4v) is 3.27. The van der Waals surface area contributed by atoms with Crippen LogP contribution in [0.25, 0.3) is 33.1 Å². The van der Waals surface area contributed by atoms with Crippen molar-refractivity contribution in [3.05, 3.63) is 90.5 Å². The van der Waals surface area contributed by atoms with E-state index in [0.29, 0.717) is 0 Å². The van der Waals surface area contributed by atoms with Crippen LogP contribution in [0.3, 0.4) is 0 Å². The molecular weight excluding hydrogens is 308 g/mol. The van der Waals surface area contributed by atoms with Crippen molar-refractivity contribution < 1.29 is 4.42 Å². The molecule has 3 heteroatoms. The number of aromatic nitrogens is 2. The van der Waals surface area contributed by atoms with Crippen LogP contribution >= 0.6 is 0 Å². The second kappa shape index (κ2) is 5.64. The Kier molecular flexibility index (Phi) is 3.17. The Morgan fingerprint density at radius 1 is 0.840 bits per heavy atom. The van der Waals surface area contributed by atoms with Crippen molar-refractivity contribution in [1.82, 2.24) is 9.97 Å². The number of rotatable bonds is 3. The number of nitrogens with one attached hydrogen (secondary N) is 1. The minimum Gasteiger partial charge on any atom is -0.456 e. The summed E-state index contributed by atoms with van der Waals surface area (Å²) in [5.41, 5.74) is 3.27. The molecule has 0 saturated carbocycles. The number of fused-ring (bicyclic) bond motifs is 2. The Balaban J connectivity index is 1.53. The SMILES string of the molecule is c1ccc2oc(-c3ccc4cc(Cc5ncc[nH]5)ccc4c3)cc2c1. The number of imidazole rings is 1. The van der Waals surface area contributed by atoms with E-state index < -0.39 is 0 Å². The first-order valence-corrected chi connectivity index (χ1v) is 8.35. The van der Waals surface area contributed by atoms with Gasteiger partial charge in [0.2, 0.25) is 0 Å². The molecule has 0 atom stereocenters. The first-order valence-electron chi connectivity index (χ1n) is 8.35. The molecule has 5 aromatic rings. The number of hydrogen-bond acceptors (Lipinski definition) is 2. The molecule has 2 heterocycles. The predicted molar refractivity (Wildman–Crippen MR) is 101 cm³/mol. The van der Waals surface area contributed by atoms with Crippen molar-refractivity contribution in [2.45, 2.75) is 6.42 Å². The number of furan rings is 1. The molecule has 1 N–H and O–H groups in total. The fraction of sp³-hybridized carbons (Fsp3) is 0.0455. The van der Waals surface area contributed by atoms with E-state index in [-0.39, 0.29) is 0 Å². The maximum Gasteiger partial charge on any atom is 0.135 e. The van der Waals surface area contributed by atoms with Crippen LogP contribution in [-0.2, 0) is 6.42 Å². The van der Waals surface area contributed by atoms with Gasteiger partial charge in [0.1, 0.15) is 17.2 Å². The number of hydrogen-bond donors (Lipinski definition) is 1. The molecule has 25 heavy (non-hydrogen) atoms. The van der Waals surface area contributed by atoms with Crippen LogP contribution in [-0.4, -0.2) is 9.97 Å². The van der Waals surface area contributed by atoms with Crippen molar-refractivity contribution >= 4 is 21.7 Å². The fourth-order valence-electron chi connectivity index (χ4n) is 3.27. The number of nitrogens with zero attached hydrogens (tertiary/aromatic N) is 1. The number of benzene rings is 3. The molecule has 0 radical (unpaired) electrons. The Labute approximate surface area is 144 Å². The molecule has 0 saturated heterocycles. The van der Waals surface area contributed by atoms with Gasteiger partial charge in [-0.1, -0.05) is 48.5 Å². The van der Waals surface area contributed by atoms with Gasteiger partial charge in [0.15, 0.2) is 0 Å². The van der Waals surface area contributed by atoms with Crippen LogP contribution < -0.4 is 0 Å². The lowest BCUT2D eigenvalue weighted by molar-refractivity contribution is 0.631. The highest BCUT2D eigenvalue weighted by Gasteiger charge is 2.07. The maximum atomic E-state index is 5.98. The Morgan fingerprint density at radius 2 is 1.72 bits per heavy atom. The number of H-pyrrole nitrogens is 1. The van der Waals surface area contributed by atoms with Crippen LogP contribution in [0.4, 0.5) is 0 Å². The Hall–Kier alpha value is -3.33. The quantitative estimate of drug-likeness (QED) is 0.471. The average molecular weight is 324 g/mol. The zero-order chi connectivity index (χ0) is 16.6. The van der Waals surface area contributed by atoms with Gasteiger partial charge >= 0.3 is 0 Å². The summed E-state index contributed by atoms with van der Waals surface area (Å²) in [5.74, 6) is 1.89. The van der Waals surface area contributed by atoms with Crippen LogP contribution in [0.15, 0.2) is 83.5 Å². The highest BCUT2D eigenvalue weighted by atomic mass is 16.3. The Bertz CT molecular complexity index is 1140. The van der Waals surface area contributed by atoms with Gasteiger partial charge in [-0.2, -0.15) is 0 Å². The largest absolute Gasteiger partial charge is 0.456 e. The summed E-state index contributed by atoms with van der Waals surface area (Å²) in [4.78, 5) is 7.45. The molecule has 0 bridgehead atoms. The maximum absolute atomic E-state index is 5.98. The van der Waals surface area contributed by atoms with Gasteiger partial charge < -0.3 is 9.40 Å². The van der Waals surface area contributed by atoms with E-state index in [2.05, 4.69) is 58.5 Å². The highest BCUT2D eigenvalue weighted by molar-refractivity contribution is 5.89. The van der Waals surface area contributed by atoms with Gasteiger partial charge in [0.05, 0.1) is 0 Å². The minimum absolute atomic E-state index is 0.814. The van der Waals surface area contributed by atoms with E-state index >= 15 is 0 Å². The number of aromatic amines is 1. The summed E-state index contributed by atoms with van der Waals surface area (Å²) in [6.45, 7) is 0. The lowest BCUT2D eigenvalue weighted by Gasteiger charge is -2.04. The van der Waals surface area contributed by atoms with Crippen molar-refractivity contribution in [2.75, 3.05) is 0 Å². The van der Waals surface area contributed by atoms with E-state index in [9.17, 15) is 0 Å². The van der Waals surface area contributed by atoms with Crippen LogP contribution in [0, 0.1) is 0 Å². The molecular formula is C22H16N2O. The van der Waals surface area contributed by atoms with Crippen molar-refractivity contribution in [2.24, 2.45) is 0 Å². The third-order valence-corrected chi connectivity index (χ3v) is 4.54. The van der Waals surface area contributed by atoms with E-state index in [1.807, 2.05) is 24.4 Å². The van der Waals surface area contributed by atoms with Gasteiger partial charge in [-0.3, -0.25) is 0 Å². The lowest BCUT2D eigenvalue weighted by atomic mass is 10.0. The summed E-state index contributed by atoms with van der Waals surface area (Å²) in [5, 5.41) is 3.57. The molecule has 120 valence electrons. The van der Waals surface area contributed by atoms with Gasteiger partial charge in [0.25, 0.3) is 0 Å². The molecule has 0 amide bonds. The highest BCUT2D eigenvalue weighted by Crippen LogP contribution is 2.30. The van der Waals surface area contributed by atoms with Gasteiger partial charge in [0, 0.05) is 29.8 Å². The summed E-state index contributed by atoms with van der Waals surface area (Å²) >= 11 is 0. The van der Waals surface area contributed by atoms with Crippen LogP contribution in [0.2, 0.25) is 0 Å². The topological polar surface area (TPSA) is 41.8 Å². The van der Waals surface area contributed by atoms with E-state index in [4.69, 9.17) is 4.42 Å². The average Bonchev–Trinajstić information content (AvgIpc) is 3.30. The lowest BCUT2D eigenvalue weighted by Crippen LogP contribution is -1.90. The number of para-hydroxylation sites is 1. The molecule has 0 spiro atoms. The zero-order valence-corrected chi connectivity index (χ0v) is 13.6. The molecule has 0 aliphatic carbocycles. The van der Waals surface area contributed by atoms with Crippen molar-refractivity contribution in [3.63, 3.8) is 0 Å². The van der Waals surface area contributed by atoms with Crippen molar-refractivity contribution in [3.8, 4) is 11.3 Å². The third-order valence-electron chi connectivity index (χ3n) is 4.54. The summed E-state index contributed by atoms with van der Waals surface area (Å²) in [6.07, 6.45) is 4.46. The summed E-state index contributed by atoms with van der Waals surface area (Å²) < 4.78 is 5.98. The molecule has 0 unspecified atom stereocenters. The molecule has 2 aromatic heterocycles. The molecule has 0 aliphatic rings. The summed E-state index contributed by atoms with van der Waals surface area (Å²) in [6, 6.07) is 23.2. The minimum atomic E-state index is 0.814. The monoisotopic (exact) mass is 324 g/mol. The summed E-state index contributed by atoms with van der Waals surface area (Å²) in [7, 11) is 0. The second-order valence-corrected chi connectivity index (χ2v) is 6.26. The normalized spacial score (nSPS) is 11.4. The predicted octanol–water partition coefficient (Wildman–Crippen LogP) is 5.57. The Morgan fingerprint density at radius 3 is 2.60 bits per heavy atom. The van der Waals surface area contributed by atoms with Gasteiger partial charge in [-0.15, -0.1) is 0 Å². The van der Waals surface area contributed by atoms with E-state index in [0.717, 1.165) is 34.5 Å². The molecule has 3 nitrogen and oxygen atoms in total. The van der Waals surface area contributed by atoms with E-state index in [1.165, 1.54) is 16.3 Å². The van der Waals surface area contributed by atoms with E-state index in [1.54, 1.807) is 6.20 Å². The van der Waals surface area contributed by atoms with Crippen molar-refractivity contribution in [1.29, 1.82) is 0 Å². The zero-order valence-electron chi connectivity index (χ0n) is 13.6. The standard InChI is InChI=1S/C22H16N2O/c1-2-4-20-18(3-1)14-21(25-20)19-8-7-16-11-15(5-6-17(16)13-19)12-22-23-9-10-24-22/h1-11,13-14H,12H2,(H,23,24). The molecule has 0 aliphatic heterocycles. The molecule has 5 rings (SSSR count). The first-order chi connectivity index (χ1) is 12.3. The smallest absolute Gasteiger partial charge is 0.135 e. The van der Waals surface area contributed by atoms with Gasteiger partial charge in [-0.05, 0) is 34.5 Å². The molecule has 0 fully saturated rings. The van der Waals surface area contributed by atoms with Crippen LogP contribution in [0.1, 0.15) is 11.4 Å². The molecule has 3 aromatic carbocycles. The first kappa shape index (κ1) is 14.1. The third kappa shape index (κ3) is 2.60. The second-order valence-electron chi connectivity index (χ2n) is 6.26. The van der Waals surface area contributed by atoms with Gasteiger partial charge in [-0.25, -0.2) is 4.98 Å².